The van der Waals surface area contributed by atoms with E-state index in [1.807, 2.05) is 18.2 Å². The van der Waals surface area contributed by atoms with Crippen LogP contribution in [0.3, 0.4) is 0 Å². The van der Waals surface area contributed by atoms with Crippen LogP contribution in [0, 0.1) is 0 Å². The third-order valence-corrected chi connectivity index (χ3v) is 3.87. The SMILES string of the molecule is CC(=O)CC(c1ccccc1)c1ccc(C(C)(C)C)cc1. The second kappa shape index (κ2) is 6.26. The minimum absolute atomic E-state index is 0.151. The van der Waals surface area contributed by atoms with Crippen LogP contribution in [0.15, 0.2) is 54.6 Å². The Bertz CT molecular complexity index is 588. The zero-order valence-electron chi connectivity index (χ0n) is 13.4. The highest BCUT2D eigenvalue weighted by Gasteiger charge is 2.18. The highest BCUT2D eigenvalue weighted by atomic mass is 16.1. The van der Waals surface area contributed by atoms with Gasteiger partial charge in [0.25, 0.3) is 0 Å². The predicted molar refractivity (Wildman–Crippen MR) is 88.7 cm³/mol. The fourth-order valence-electron chi connectivity index (χ4n) is 2.62. The summed E-state index contributed by atoms with van der Waals surface area (Å²) in [5.74, 6) is 0.376. The number of carbonyl (C=O) groups excluding carboxylic acids is 1. The monoisotopic (exact) mass is 280 g/mol. The van der Waals surface area contributed by atoms with Crippen molar-refractivity contribution in [3.63, 3.8) is 0 Å². The van der Waals surface area contributed by atoms with E-state index in [0.29, 0.717) is 6.42 Å². The molecule has 0 fully saturated rings. The molecule has 0 saturated heterocycles. The molecular weight excluding hydrogens is 256 g/mol. The van der Waals surface area contributed by atoms with Crippen LogP contribution >= 0.6 is 0 Å². The third-order valence-electron chi connectivity index (χ3n) is 3.87. The van der Waals surface area contributed by atoms with Crippen molar-refractivity contribution in [2.45, 2.75) is 45.4 Å². The van der Waals surface area contributed by atoms with Crippen LogP contribution in [0.4, 0.5) is 0 Å². The summed E-state index contributed by atoms with van der Waals surface area (Å²) in [6, 6.07) is 19.0. The van der Waals surface area contributed by atoms with Crippen molar-refractivity contribution in [3.8, 4) is 0 Å². The minimum atomic E-state index is 0.151. The lowest BCUT2D eigenvalue weighted by atomic mass is 9.83. The average molecular weight is 280 g/mol. The van der Waals surface area contributed by atoms with Crippen LogP contribution in [0.5, 0.6) is 0 Å². The van der Waals surface area contributed by atoms with Crippen LogP contribution in [0.1, 0.15) is 56.7 Å². The smallest absolute Gasteiger partial charge is 0.130 e. The summed E-state index contributed by atoms with van der Waals surface area (Å²) in [6.07, 6.45) is 0.554. The Hall–Kier alpha value is -1.89. The molecular formula is C20H24O. The molecule has 1 nitrogen and oxygen atoms in total. The maximum absolute atomic E-state index is 11.6. The van der Waals surface area contributed by atoms with Crippen molar-refractivity contribution in [1.82, 2.24) is 0 Å². The van der Waals surface area contributed by atoms with Crippen molar-refractivity contribution in [2.75, 3.05) is 0 Å². The van der Waals surface area contributed by atoms with Gasteiger partial charge in [0.15, 0.2) is 0 Å². The second-order valence-electron chi connectivity index (χ2n) is 6.74. The van der Waals surface area contributed by atoms with Gasteiger partial charge in [0, 0.05) is 12.3 Å². The third kappa shape index (κ3) is 4.04. The quantitative estimate of drug-likeness (QED) is 0.762. The topological polar surface area (TPSA) is 17.1 Å². The van der Waals surface area contributed by atoms with Gasteiger partial charge in [-0.1, -0.05) is 75.4 Å². The average Bonchev–Trinajstić information content (AvgIpc) is 2.45. The Labute approximate surface area is 128 Å². The Morgan fingerprint density at radius 2 is 1.43 bits per heavy atom. The maximum Gasteiger partial charge on any atom is 0.130 e. The van der Waals surface area contributed by atoms with Gasteiger partial charge in [-0.3, -0.25) is 4.79 Å². The Kier molecular flexibility index (Phi) is 4.62. The summed E-state index contributed by atoms with van der Waals surface area (Å²) in [6.45, 7) is 8.31. The number of hydrogen-bond acceptors (Lipinski definition) is 1. The lowest BCUT2D eigenvalue weighted by Crippen LogP contribution is -2.12. The highest BCUT2D eigenvalue weighted by molar-refractivity contribution is 5.77. The van der Waals surface area contributed by atoms with E-state index in [2.05, 4.69) is 57.2 Å². The van der Waals surface area contributed by atoms with Gasteiger partial charge in [0.2, 0.25) is 0 Å². The molecule has 0 aliphatic carbocycles. The van der Waals surface area contributed by atoms with E-state index in [0.717, 1.165) is 0 Å². The molecule has 0 heterocycles. The summed E-state index contributed by atoms with van der Waals surface area (Å²) in [4.78, 5) is 11.6. The molecule has 0 aliphatic rings. The van der Waals surface area contributed by atoms with Crippen molar-refractivity contribution in [3.05, 3.63) is 71.3 Å². The molecule has 0 aromatic heterocycles. The number of rotatable bonds is 4. The molecule has 2 rings (SSSR count). The van der Waals surface area contributed by atoms with Gasteiger partial charge in [-0.05, 0) is 29.0 Å². The minimum Gasteiger partial charge on any atom is -0.300 e. The van der Waals surface area contributed by atoms with Crippen LogP contribution in [-0.2, 0) is 10.2 Å². The summed E-state index contributed by atoms with van der Waals surface area (Å²) >= 11 is 0. The van der Waals surface area contributed by atoms with Gasteiger partial charge in [0.05, 0.1) is 0 Å². The van der Waals surface area contributed by atoms with Crippen LogP contribution in [0.2, 0.25) is 0 Å². The van der Waals surface area contributed by atoms with E-state index in [1.54, 1.807) is 6.92 Å². The molecule has 0 amide bonds. The van der Waals surface area contributed by atoms with E-state index in [-0.39, 0.29) is 17.1 Å². The Balaban J connectivity index is 2.36. The van der Waals surface area contributed by atoms with E-state index in [1.165, 1.54) is 16.7 Å². The summed E-state index contributed by atoms with van der Waals surface area (Å²) < 4.78 is 0. The first kappa shape index (κ1) is 15.5. The molecule has 0 spiro atoms. The lowest BCUT2D eigenvalue weighted by Gasteiger charge is -2.21. The van der Waals surface area contributed by atoms with E-state index in [9.17, 15) is 4.79 Å². The highest BCUT2D eigenvalue weighted by Crippen LogP contribution is 2.30. The van der Waals surface area contributed by atoms with Crippen molar-refractivity contribution in [2.24, 2.45) is 0 Å². The molecule has 1 atom stereocenters. The van der Waals surface area contributed by atoms with Gasteiger partial charge in [-0.15, -0.1) is 0 Å². The van der Waals surface area contributed by atoms with E-state index in [4.69, 9.17) is 0 Å². The van der Waals surface area contributed by atoms with Gasteiger partial charge >= 0.3 is 0 Å². The predicted octanol–water partition coefficient (Wildman–Crippen LogP) is 5.10. The van der Waals surface area contributed by atoms with Crippen LogP contribution in [-0.4, -0.2) is 5.78 Å². The fourth-order valence-corrected chi connectivity index (χ4v) is 2.62. The summed E-state index contributed by atoms with van der Waals surface area (Å²) in [7, 11) is 0. The first-order valence-electron chi connectivity index (χ1n) is 7.53. The number of carbonyl (C=O) groups is 1. The van der Waals surface area contributed by atoms with E-state index >= 15 is 0 Å². The molecule has 2 aromatic carbocycles. The molecule has 21 heavy (non-hydrogen) atoms. The van der Waals surface area contributed by atoms with Gasteiger partial charge in [-0.25, -0.2) is 0 Å². The summed E-state index contributed by atoms with van der Waals surface area (Å²) in [5.41, 5.74) is 3.89. The Morgan fingerprint density at radius 1 is 0.905 bits per heavy atom. The van der Waals surface area contributed by atoms with Crippen LogP contribution in [0.25, 0.3) is 0 Å². The molecule has 0 bridgehead atoms. The largest absolute Gasteiger partial charge is 0.300 e. The maximum atomic E-state index is 11.6. The van der Waals surface area contributed by atoms with Crippen molar-refractivity contribution >= 4 is 5.78 Å². The fraction of sp³-hybridized carbons (Fsp3) is 0.350. The first-order valence-corrected chi connectivity index (χ1v) is 7.53. The van der Waals surface area contributed by atoms with Gasteiger partial charge < -0.3 is 0 Å². The zero-order chi connectivity index (χ0) is 15.5. The number of Topliss-reactive ketones (excluding diaryl/α,β-unsaturated/α-hetero) is 1. The zero-order valence-corrected chi connectivity index (χ0v) is 13.4. The van der Waals surface area contributed by atoms with Gasteiger partial charge in [-0.2, -0.15) is 0 Å². The number of benzene rings is 2. The number of hydrogen-bond donors (Lipinski definition) is 0. The first-order chi connectivity index (χ1) is 9.88. The molecule has 0 aliphatic heterocycles. The Morgan fingerprint density at radius 3 is 1.90 bits per heavy atom. The molecule has 0 N–H and O–H groups in total. The second-order valence-corrected chi connectivity index (χ2v) is 6.74. The van der Waals surface area contributed by atoms with Gasteiger partial charge in [0.1, 0.15) is 5.78 Å². The molecule has 0 saturated carbocycles. The summed E-state index contributed by atoms with van der Waals surface area (Å²) in [5, 5.41) is 0. The van der Waals surface area contributed by atoms with Crippen molar-refractivity contribution < 1.29 is 4.79 Å². The number of ketones is 1. The molecule has 2 aromatic rings. The molecule has 1 heteroatoms. The van der Waals surface area contributed by atoms with Crippen molar-refractivity contribution in [1.29, 1.82) is 0 Å². The lowest BCUT2D eigenvalue weighted by molar-refractivity contribution is -0.117. The normalized spacial score (nSPS) is 13.0. The molecule has 110 valence electrons. The molecule has 0 radical (unpaired) electrons. The standard InChI is InChI=1S/C20H24O/c1-15(21)14-19(16-8-6-5-7-9-16)17-10-12-18(13-11-17)20(2,3)4/h5-13,19H,14H2,1-4H3. The van der Waals surface area contributed by atoms with Crippen LogP contribution < -0.4 is 0 Å². The molecule has 1 unspecified atom stereocenters. The van der Waals surface area contributed by atoms with E-state index < -0.39 is 0 Å².